The van der Waals surface area contributed by atoms with E-state index in [0.717, 1.165) is 27.8 Å². The number of rotatable bonds is 7. The van der Waals surface area contributed by atoms with Gasteiger partial charge in [-0.2, -0.15) is 0 Å². The Kier molecular flexibility index (Phi) is 6.91. The van der Waals surface area contributed by atoms with Gasteiger partial charge in [0.15, 0.2) is 5.13 Å². The average Bonchev–Trinajstić information content (AvgIpc) is 3.45. The molecule has 1 saturated heterocycles. The van der Waals surface area contributed by atoms with Crippen LogP contribution in [0.4, 0.5) is 5.13 Å². The first-order valence-electron chi connectivity index (χ1n) is 12.4. The summed E-state index contributed by atoms with van der Waals surface area (Å²) in [6.45, 7) is 6.54. The van der Waals surface area contributed by atoms with Gasteiger partial charge in [-0.3, -0.25) is 14.5 Å². The Bertz CT molecular complexity index is 1570. The lowest BCUT2D eigenvalue weighted by Crippen LogP contribution is -2.29. The van der Waals surface area contributed by atoms with Crippen molar-refractivity contribution in [3.8, 4) is 11.5 Å². The Labute approximate surface area is 225 Å². The Morgan fingerprint density at radius 1 is 1.05 bits per heavy atom. The van der Waals surface area contributed by atoms with Gasteiger partial charge in [-0.15, -0.1) is 0 Å². The zero-order valence-electron chi connectivity index (χ0n) is 21.6. The van der Waals surface area contributed by atoms with Gasteiger partial charge in [-0.25, -0.2) is 4.98 Å². The summed E-state index contributed by atoms with van der Waals surface area (Å²) in [5.74, 6) is -0.533. The molecule has 1 aliphatic rings. The summed E-state index contributed by atoms with van der Waals surface area (Å²) in [5, 5.41) is 11.8. The predicted octanol–water partition coefficient (Wildman–Crippen LogP) is 6.34. The lowest BCUT2D eigenvalue weighted by atomic mass is 9.95. The quantitative estimate of drug-likeness (QED) is 0.171. The topological polar surface area (TPSA) is 89.0 Å². The van der Waals surface area contributed by atoms with Gasteiger partial charge >= 0.3 is 5.91 Å². The number of nitrogens with zero attached hydrogens (tertiary/aromatic N) is 2. The molecule has 0 aliphatic carbocycles. The van der Waals surface area contributed by atoms with Crippen LogP contribution in [-0.2, 0) is 9.59 Å². The van der Waals surface area contributed by atoms with E-state index in [1.807, 2.05) is 57.2 Å². The van der Waals surface area contributed by atoms with Crippen LogP contribution in [-0.4, -0.2) is 35.5 Å². The molecule has 38 heavy (non-hydrogen) atoms. The van der Waals surface area contributed by atoms with Crippen LogP contribution in [0.15, 0.2) is 66.2 Å². The molecular formula is C30H28N2O5S. The number of benzene rings is 3. The van der Waals surface area contributed by atoms with E-state index < -0.39 is 17.7 Å². The van der Waals surface area contributed by atoms with Crippen LogP contribution in [0.25, 0.3) is 16.0 Å². The van der Waals surface area contributed by atoms with Gasteiger partial charge in [0.05, 0.1) is 35.5 Å². The molecule has 0 radical (unpaired) electrons. The molecule has 1 fully saturated rings. The van der Waals surface area contributed by atoms with Crippen molar-refractivity contribution < 1.29 is 24.2 Å². The molecule has 5 rings (SSSR count). The van der Waals surface area contributed by atoms with Gasteiger partial charge in [-0.05, 0) is 79.4 Å². The third-order valence-electron chi connectivity index (χ3n) is 6.48. The second-order valence-electron chi connectivity index (χ2n) is 9.24. The molecule has 8 heteroatoms. The van der Waals surface area contributed by atoms with E-state index in [2.05, 4.69) is 0 Å². The van der Waals surface area contributed by atoms with Crippen molar-refractivity contribution >= 4 is 44.1 Å². The summed E-state index contributed by atoms with van der Waals surface area (Å²) in [4.78, 5) is 33.3. The fourth-order valence-electron chi connectivity index (χ4n) is 4.71. The molecule has 1 atom stereocenters. The molecule has 1 N–H and O–H groups in total. The van der Waals surface area contributed by atoms with Crippen molar-refractivity contribution in [1.82, 2.24) is 4.98 Å². The van der Waals surface area contributed by atoms with Gasteiger partial charge in [0.25, 0.3) is 5.78 Å². The summed E-state index contributed by atoms with van der Waals surface area (Å²) in [7, 11) is 1.55. The molecule has 194 valence electrons. The summed E-state index contributed by atoms with van der Waals surface area (Å²) in [5.41, 5.74) is 3.90. The minimum atomic E-state index is -0.885. The molecule has 0 saturated carbocycles. The maximum absolute atomic E-state index is 13.6. The second kappa shape index (κ2) is 10.3. The van der Waals surface area contributed by atoms with Crippen molar-refractivity contribution in [2.24, 2.45) is 0 Å². The number of aryl methyl sites for hydroxylation is 2. The highest BCUT2D eigenvalue weighted by Crippen LogP contribution is 2.45. The number of aromatic nitrogens is 1. The minimum Gasteiger partial charge on any atom is -0.507 e. The van der Waals surface area contributed by atoms with E-state index in [1.165, 1.54) is 16.2 Å². The number of anilines is 1. The van der Waals surface area contributed by atoms with E-state index in [9.17, 15) is 14.7 Å². The highest BCUT2D eigenvalue weighted by atomic mass is 32.1. The zero-order valence-corrected chi connectivity index (χ0v) is 22.5. The molecule has 0 bridgehead atoms. The first-order chi connectivity index (χ1) is 18.3. The van der Waals surface area contributed by atoms with Crippen molar-refractivity contribution in [2.45, 2.75) is 33.2 Å². The molecule has 4 aromatic rings. The van der Waals surface area contributed by atoms with Crippen molar-refractivity contribution in [1.29, 1.82) is 0 Å². The zero-order chi connectivity index (χ0) is 27.0. The largest absolute Gasteiger partial charge is 0.507 e. The normalized spacial score (nSPS) is 16.8. The molecule has 1 aromatic heterocycles. The number of Topliss-reactive ketones (excluding diaryl/α,β-unsaturated/α-hetero) is 1. The van der Waals surface area contributed by atoms with Crippen molar-refractivity contribution in [3.05, 3.63) is 88.5 Å². The SMILES string of the molecule is CCCOc1cccc(C2C(=C(O)c3ccc(OC)cc3)C(=O)C(=O)N2c2nc3c(C)cc(C)cc3s2)c1. The molecule has 1 aliphatic heterocycles. The monoisotopic (exact) mass is 528 g/mol. The Morgan fingerprint density at radius 2 is 1.82 bits per heavy atom. The Balaban J connectivity index is 1.71. The summed E-state index contributed by atoms with van der Waals surface area (Å²) in [6.07, 6.45) is 0.838. The van der Waals surface area contributed by atoms with E-state index in [1.54, 1.807) is 31.4 Å². The molecule has 0 spiro atoms. The van der Waals surface area contributed by atoms with E-state index in [-0.39, 0.29) is 11.3 Å². The maximum atomic E-state index is 13.6. The van der Waals surface area contributed by atoms with Crippen molar-refractivity contribution in [2.75, 3.05) is 18.6 Å². The first-order valence-corrected chi connectivity index (χ1v) is 13.2. The average molecular weight is 529 g/mol. The summed E-state index contributed by atoms with van der Waals surface area (Å²) in [6, 6.07) is 17.2. The molecule has 1 unspecified atom stereocenters. The smallest absolute Gasteiger partial charge is 0.301 e. The minimum absolute atomic E-state index is 0.0000306. The summed E-state index contributed by atoms with van der Waals surface area (Å²) < 4.78 is 12.0. The number of ketones is 1. The van der Waals surface area contributed by atoms with E-state index >= 15 is 0 Å². The van der Waals surface area contributed by atoms with Gasteiger partial charge in [0.2, 0.25) is 0 Å². The van der Waals surface area contributed by atoms with Gasteiger partial charge in [-0.1, -0.05) is 36.5 Å². The van der Waals surface area contributed by atoms with Crippen LogP contribution in [0.3, 0.4) is 0 Å². The van der Waals surface area contributed by atoms with E-state index in [4.69, 9.17) is 14.5 Å². The van der Waals surface area contributed by atoms with Crippen LogP contribution in [0.2, 0.25) is 0 Å². The number of aliphatic hydroxyl groups excluding tert-OH is 1. The highest BCUT2D eigenvalue weighted by Gasteiger charge is 2.48. The summed E-state index contributed by atoms with van der Waals surface area (Å²) >= 11 is 1.35. The first kappa shape index (κ1) is 25.5. The number of hydrogen-bond acceptors (Lipinski definition) is 7. The van der Waals surface area contributed by atoms with Gasteiger partial charge in [0.1, 0.15) is 17.3 Å². The molecule has 3 aromatic carbocycles. The number of hydrogen-bond donors (Lipinski definition) is 1. The van der Waals surface area contributed by atoms with E-state index in [0.29, 0.717) is 34.4 Å². The molecule has 2 heterocycles. The van der Waals surface area contributed by atoms with Crippen LogP contribution in [0.5, 0.6) is 11.5 Å². The maximum Gasteiger partial charge on any atom is 0.301 e. The van der Waals surface area contributed by atoms with Crippen molar-refractivity contribution in [3.63, 3.8) is 0 Å². The Morgan fingerprint density at radius 3 is 2.53 bits per heavy atom. The number of fused-ring (bicyclic) bond motifs is 1. The molecular weight excluding hydrogens is 500 g/mol. The second-order valence-corrected chi connectivity index (χ2v) is 10.3. The van der Waals surface area contributed by atoms with Crippen LogP contribution in [0, 0.1) is 13.8 Å². The number of thiazole rings is 1. The van der Waals surface area contributed by atoms with Crippen LogP contribution < -0.4 is 14.4 Å². The van der Waals surface area contributed by atoms with Crippen LogP contribution >= 0.6 is 11.3 Å². The highest BCUT2D eigenvalue weighted by molar-refractivity contribution is 7.22. The fraction of sp³-hybridized carbons (Fsp3) is 0.233. The number of carbonyl (C=O) groups is 2. The number of methoxy groups -OCH3 is 1. The standard InChI is InChI=1S/C30H28N2O5S/c1-5-13-37-22-8-6-7-20(16-22)26-24(27(33)19-9-11-21(36-4)12-10-19)28(34)29(35)32(26)30-31-25-18(3)14-17(2)15-23(25)38-30/h6-12,14-16,26,33H,5,13H2,1-4H3. The van der Waals surface area contributed by atoms with Gasteiger partial charge in [0, 0.05) is 5.56 Å². The number of aliphatic hydroxyl groups is 1. The van der Waals surface area contributed by atoms with Gasteiger partial charge < -0.3 is 14.6 Å². The Hall–Kier alpha value is -4.17. The lowest BCUT2D eigenvalue weighted by molar-refractivity contribution is -0.132. The fourth-order valence-corrected chi connectivity index (χ4v) is 5.87. The predicted molar refractivity (Wildman–Crippen MR) is 149 cm³/mol. The molecule has 7 nitrogen and oxygen atoms in total. The number of ether oxygens (including phenoxy) is 2. The third kappa shape index (κ3) is 4.52. The van der Waals surface area contributed by atoms with Crippen LogP contribution in [0.1, 0.15) is 41.6 Å². The number of amides is 1. The number of carbonyl (C=O) groups excluding carboxylic acids is 2. The third-order valence-corrected chi connectivity index (χ3v) is 7.48. The molecule has 1 amide bonds. The lowest BCUT2D eigenvalue weighted by Gasteiger charge is -2.23.